The Morgan fingerprint density at radius 1 is 1.25 bits per heavy atom. The Hall–Kier alpha value is -0.930. The van der Waals surface area contributed by atoms with Crippen molar-refractivity contribution in [2.24, 2.45) is 11.1 Å². The summed E-state index contributed by atoms with van der Waals surface area (Å²) in [6, 6.07) is 6.26. The number of rotatable bonds is 9. The molecule has 0 aliphatic carbocycles. The molecule has 0 bridgehead atoms. The molecule has 0 aromatic carbocycles. The second-order valence-electron chi connectivity index (χ2n) is 6.45. The molecule has 0 saturated carbocycles. The molecule has 0 fully saturated rings. The van der Waals surface area contributed by atoms with Gasteiger partial charge in [-0.3, -0.25) is 9.88 Å². The number of nitrogens with zero attached hydrogens (tertiary/aromatic N) is 2. The third-order valence-electron chi connectivity index (χ3n) is 3.93. The Kier molecular flexibility index (Phi) is 7.17. The molecular weight excluding hydrogens is 246 g/mol. The first-order valence-corrected chi connectivity index (χ1v) is 7.82. The van der Waals surface area contributed by atoms with E-state index in [0.717, 1.165) is 38.3 Å². The lowest BCUT2D eigenvalue weighted by Crippen LogP contribution is -2.26. The van der Waals surface area contributed by atoms with Crippen LogP contribution in [0.1, 0.15) is 51.4 Å². The van der Waals surface area contributed by atoms with Gasteiger partial charge >= 0.3 is 0 Å². The highest BCUT2D eigenvalue weighted by atomic mass is 15.1. The van der Waals surface area contributed by atoms with Gasteiger partial charge in [-0.05, 0) is 63.4 Å². The molecule has 20 heavy (non-hydrogen) atoms. The van der Waals surface area contributed by atoms with E-state index >= 15 is 0 Å². The molecule has 2 N–H and O–H groups in total. The van der Waals surface area contributed by atoms with E-state index in [1.165, 1.54) is 18.5 Å². The molecule has 0 radical (unpaired) electrons. The highest BCUT2D eigenvalue weighted by Crippen LogP contribution is 2.26. The zero-order valence-corrected chi connectivity index (χ0v) is 13.7. The summed E-state index contributed by atoms with van der Waals surface area (Å²) in [5, 5.41) is 0. The van der Waals surface area contributed by atoms with E-state index in [1.807, 2.05) is 0 Å². The first-order valence-electron chi connectivity index (χ1n) is 7.82. The van der Waals surface area contributed by atoms with Crippen LogP contribution < -0.4 is 5.73 Å². The summed E-state index contributed by atoms with van der Waals surface area (Å²) in [5.41, 5.74) is 8.31. The lowest BCUT2D eigenvalue weighted by Gasteiger charge is -2.26. The van der Waals surface area contributed by atoms with Crippen LogP contribution in [0.4, 0.5) is 0 Å². The van der Waals surface area contributed by atoms with E-state index in [4.69, 9.17) is 5.73 Å². The molecule has 3 heteroatoms. The number of hydrogen-bond acceptors (Lipinski definition) is 3. The van der Waals surface area contributed by atoms with Gasteiger partial charge in [-0.25, -0.2) is 0 Å². The van der Waals surface area contributed by atoms with Gasteiger partial charge < -0.3 is 5.73 Å². The summed E-state index contributed by atoms with van der Waals surface area (Å²) in [6.45, 7) is 12.9. The fourth-order valence-electron chi connectivity index (χ4n) is 2.56. The maximum Gasteiger partial charge on any atom is 0.0547 e. The molecule has 1 aromatic heterocycles. The van der Waals surface area contributed by atoms with Crippen LogP contribution in [0.15, 0.2) is 18.2 Å². The van der Waals surface area contributed by atoms with E-state index in [1.54, 1.807) is 0 Å². The lowest BCUT2D eigenvalue weighted by molar-refractivity contribution is 0.235. The van der Waals surface area contributed by atoms with Crippen LogP contribution in [0.2, 0.25) is 0 Å². The van der Waals surface area contributed by atoms with Crippen LogP contribution >= 0.6 is 0 Å². The number of aromatic nitrogens is 1. The van der Waals surface area contributed by atoms with Gasteiger partial charge in [0.05, 0.1) is 5.69 Å². The molecule has 0 amide bonds. The topological polar surface area (TPSA) is 42.1 Å². The summed E-state index contributed by atoms with van der Waals surface area (Å²) in [6.07, 6.45) is 3.58. The number of nitrogens with two attached hydrogens (primary N) is 1. The molecule has 3 nitrogen and oxygen atoms in total. The number of pyridine rings is 1. The van der Waals surface area contributed by atoms with Gasteiger partial charge in [0.25, 0.3) is 0 Å². The second-order valence-corrected chi connectivity index (χ2v) is 6.45. The molecule has 0 atom stereocenters. The summed E-state index contributed by atoms with van der Waals surface area (Å²) in [5.74, 6) is 0. The number of hydrogen-bond donors (Lipinski definition) is 1. The minimum absolute atomic E-state index is 0.371. The van der Waals surface area contributed by atoms with Crippen LogP contribution in [-0.2, 0) is 6.54 Å². The van der Waals surface area contributed by atoms with Crippen molar-refractivity contribution in [1.29, 1.82) is 0 Å². The fourth-order valence-corrected chi connectivity index (χ4v) is 2.56. The van der Waals surface area contributed by atoms with Crippen LogP contribution in [0, 0.1) is 12.3 Å². The van der Waals surface area contributed by atoms with Crippen molar-refractivity contribution in [3.8, 4) is 0 Å². The molecule has 0 aliphatic rings. The van der Waals surface area contributed by atoms with Crippen molar-refractivity contribution in [2.75, 3.05) is 19.6 Å². The van der Waals surface area contributed by atoms with Crippen molar-refractivity contribution >= 4 is 0 Å². The Balaban J connectivity index is 2.40. The molecule has 0 aliphatic heterocycles. The summed E-state index contributed by atoms with van der Waals surface area (Å²) in [4.78, 5) is 7.06. The Labute approximate surface area is 124 Å². The molecule has 1 aromatic rings. The van der Waals surface area contributed by atoms with Crippen molar-refractivity contribution in [3.63, 3.8) is 0 Å². The van der Waals surface area contributed by atoms with Crippen LogP contribution in [0.3, 0.4) is 0 Å². The Morgan fingerprint density at radius 3 is 2.60 bits per heavy atom. The average molecular weight is 277 g/mol. The smallest absolute Gasteiger partial charge is 0.0547 e. The lowest BCUT2D eigenvalue weighted by atomic mass is 9.84. The third kappa shape index (κ3) is 6.49. The van der Waals surface area contributed by atoms with E-state index < -0.39 is 0 Å². The van der Waals surface area contributed by atoms with Crippen molar-refractivity contribution in [3.05, 3.63) is 29.6 Å². The third-order valence-corrected chi connectivity index (χ3v) is 3.93. The van der Waals surface area contributed by atoms with Gasteiger partial charge in [0.2, 0.25) is 0 Å². The summed E-state index contributed by atoms with van der Waals surface area (Å²) >= 11 is 0. The van der Waals surface area contributed by atoms with Gasteiger partial charge in [-0.1, -0.05) is 26.8 Å². The maximum atomic E-state index is 5.67. The van der Waals surface area contributed by atoms with Gasteiger partial charge in [-0.2, -0.15) is 0 Å². The van der Waals surface area contributed by atoms with E-state index in [9.17, 15) is 0 Å². The minimum Gasteiger partial charge on any atom is -0.330 e. The molecule has 0 unspecified atom stereocenters. The second kappa shape index (κ2) is 8.38. The molecule has 0 spiro atoms. The predicted octanol–water partition coefficient (Wildman–Crippen LogP) is 3.37. The van der Waals surface area contributed by atoms with Gasteiger partial charge in [0.1, 0.15) is 0 Å². The standard InChI is InChI=1S/C17H31N3/c1-5-20(13-7-10-17(3,4)11-12-18)14-16-9-6-8-15(2)19-16/h6,8-9H,5,7,10-14,18H2,1-4H3. The predicted molar refractivity (Wildman–Crippen MR) is 86.6 cm³/mol. The van der Waals surface area contributed by atoms with Crippen LogP contribution in [0.5, 0.6) is 0 Å². The summed E-state index contributed by atoms with van der Waals surface area (Å²) < 4.78 is 0. The first kappa shape index (κ1) is 17.1. The van der Waals surface area contributed by atoms with Crippen molar-refractivity contribution < 1.29 is 0 Å². The van der Waals surface area contributed by atoms with E-state index in [2.05, 4.69) is 55.8 Å². The van der Waals surface area contributed by atoms with Gasteiger partial charge in [0, 0.05) is 12.2 Å². The van der Waals surface area contributed by atoms with E-state index in [0.29, 0.717) is 5.41 Å². The zero-order chi connectivity index (χ0) is 15.0. The zero-order valence-electron chi connectivity index (χ0n) is 13.7. The van der Waals surface area contributed by atoms with Crippen molar-refractivity contribution in [2.45, 2.75) is 53.5 Å². The van der Waals surface area contributed by atoms with Crippen LogP contribution in [0.25, 0.3) is 0 Å². The quantitative estimate of drug-likeness (QED) is 0.752. The maximum absolute atomic E-state index is 5.67. The monoisotopic (exact) mass is 277 g/mol. The normalized spacial score (nSPS) is 12.1. The fraction of sp³-hybridized carbons (Fsp3) is 0.706. The molecule has 1 heterocycles. The molecule has 1 rings (SSSR count). The average Bonchev–Trinajstić information content (AvgIpc) is 2.37. The Bertz CT molecular complexity index is 388. The molecule has 114 valence electrons. The molecule has 0 saturated heterocycles. The van der Waals surface area contributed by atoms with Crippen molar-refractivity contribution in [1.82, 2.24) is 9.88 Å². The largest absolute Gasteiger partial charge is 0.330 e. The SMILES string of the molecule is CCN(CCCC(C)(C)CCN)Cc1cccc(C)n1. The van der Waals surface area contributed by atoms with E-state index in [-0.39, 0.29) is 0 Å². The first-order chi connectivity index (χ1) is 9.46. The number of aryl methyl sites for hydroxylation is 1. The van der Waals surface area contributed by atoms with Gasteiger partial charge in [-0.15, -0.1) is 0 Å². The minimum atomic E-state index is 0.371. The van der Waals surface area contributed by atoms with Crippen LogP contribution in [-0.4, -0.2) is 29.5 Å². The summed E-state index contributed by atoms with van der Waals surface area (Å²) in [7, 11) is 0. The molecular formula is C17H31N3. The highest BCUT2D eigenvalue weighted by molar-refractivity contribution is 5.09. The Morgan fingerprint density at radius 2 is 2.00 bits per heavy atom. The van der Waals surface area contributed by atoms with Gasteiger partial charge in [0.15, 0.2) is 0 Å². The highest BCUT2D eigenvalue weighted by Gasteiger charge is 2.16.